The van der Waals surface area contributed by atoms with Crippen molar-refractivity contribution >= 4 is 21.6 Å². The molecule has 0 saturated carbocycles. The highest BCUT2D eigenvalue weighted by Crippen LogP contribution is 2.34. The van der Waals surface area contributed by atoms with Crippen molar-refractivity contribution in [3.05, 3.63) is 26.6 Å². The average Bonchev–Trinajstić information content (AvgIpc) is 2.84. The Kier molecular flexibility index (Phi) is 4.13. The van der Waals surface area contributed by atoms with Crippen LogP contribution in [-0.4, -0.2) is 23.3 Å². The molecule has 0 saturated heterocycles. The molecule has 114 valence electrons. The van der Waals surface area contributed by atoms with E-state index < -0.39 is 0 Å². The van der Waals surface area contributed by atoms with Gasteiger partial charge in [-0.2, -0.15) is 0 Å². The van der Waals surface area contributed by atoms with E-state index in [2.05, 4.69) is 13.8 Å². The molecule has 0 N–H and O–H groups in total. The Hall–Kier alpha value is -1.20. The first-order valence-corrected chi connectivity index (χ1v) is 8.49. The van der Waals surface area contributed by atoms with Crippen LogP contribution in [0.15, 0.2) is 4.79 Å². The molecule has 0 atom stereocenters. The molecular formula is C16H22N2O2S. The molecule has 5 heteroatoms. The van der Waals surface area contributed by atoms with E-state index in [4.69, 9.17) is 9.72 Å². The molecule has 0 bridgehead atoms. The molecule has 0 radical (unpaired) electrons. The van der Waals surface area contributed by atoms with Crippen molar-refractivity contribution in [3.63, 3.8) is 0 Å². The number of aromatic nitrogens is 2. The first kappa shape index (κ1) is 14.7. The van der Waals surface area contributed by atoms with Gasteiger partial charge in [-0.3, -0.25) is 9.36 Å². The zero-order valence-electron chi connectivity index (χ0n) is 12.9. The summed E-state index contributed by atoms with van der Waals surface area (Å²) in [5.74, 6) is 1.11. The minimum atomic E-state index is 0.125. The molecule has 2 aromatic heterocycles. The van der Waals surface area contributed by atoms with Crippen LogP contribution in [-0.2, 0) is 24.1 Å². The summed E-state index contributed by atoms with van der Waals surface area (Å²) in [4.78, 5) is 20.1. The molecule has 1 aliphatic carbocycles. The number of methoxy groups -OCH3 is 1. The van der Waals surface area contributed by atoms with Crippen LogP contribution in [0.3, 0.4) is 0 Å². The van der Waals surface area contributed by atoms with Gasteiger partial charge in [-0.15, -0.1) is 11.3 Å². The van der Waals surface area contributed by atoms with Gasteiger partial charge in [0.1, 0.15) is 10.7 Å². The van der Waals surface area contributed by atoms with E-state index >= 15 is 0 Å². The minimum Gasteiger partial charge on any atom is -0.383 e. The Balaban J connectivity index is 2.25. The van der Waals surface area contributed by atoms with Crippen LogP contribution in [0.1, 0.15) is 48.9 Å². The summed E-state index contributed by atoms with van der Waals surface area (Å²) in [6.07, 6.45) is 4.54. The molecule has 0 amide bonds. The van der Waals surface area contributed by atoms with Gasteiger partial charge in [0, 0.05) is 17.9 Å². The fourth-order valence-corrected chi connectivity index (χ4v) is 4.35. The average molecular weight is 306 g/mol. The van der Waals surface area contributed by atoms with Gasteiger partial charge < -0.3 is 4.74 Å². The Morgan fingerprint density at radius 2 is 2.10 bits per heavy atom. The van der Waals surface area contributed by atoms with Crippen molar-refractivity contribution in [1.29, 1.82) is 0 Å². The topological polar surface area (TPSA) is 44.1 Å². The summed E-state index contributed by atoms with van der Waals surface area (Å²) in [7, 11) is 1.67. The van der Waals surface area contributed by atoms with Crippen molar-refractivity contribution in [2.75, 3.05) is 13.7 Å². The lowest BCUT2D eigenvalue weighted by atomic mass is 9.97. The van der Waals surface area contributed by atoms with Crippen LogP contribution in [0.4, 0.5) is 0 Å². The zero-order chi connectivity index (χ0) is 15.0. The number of fused-ring (bicyclic) bond motifs is 3. The lowest BCUT2D eigenvalue weighted by Gasteiger charge is -2.15. The normalized spacial score (nSPS) is 14.9. The Morgan fingerprint density at radius 3 is 2.81 bits per heavy atom. The maximum Gasteiger partial charge on any atom is 0.262 e. The number of ether oxygens (including phenoxy) is 1. The quantitative estimate of drug-likeness (QED) is 0.872. The zero-order valence-corrected chi connectivity index (χ0v) is 13.8. The molecule has 0 spiro atoms. The standard InChI is InChI=1S/C16H22N2O2S/c1-10(2)14-17-15-13(16(19)18(14)8-9-20-3)11-6-4-5-7-12(11)21-15/h10H,4-9H2,1-3H3. The highest BCUT2D eigenvalue weighted by atomic mass is 32.1. The largest absolute Gasteiger partial charge is 0.383 e. The third-order valence-electron chi connectivity index (χ3n) is 4.14. The highest BCUT2D eigenvalue weighted by Gasteiger charge is 2.22. The first-order valence-electron chi connectivity index (χ1n) is 7.67. The van der Waals surface area contributed by atoms with E-state index in [1.54, 1.807) is 18.4 Å². The SMILES string of the molecule is COCCn1c(C(C)C)nc2sc3c(c2c1=O)CCCC3. The summed E-state index contributed by atoms with van der Waals surface area (Å²) < 4.78 is 6.97. The number of thiophene rings is 1. The van der Waals surface area contributed by atoms with Gasteiger partial charge in [-0.25, -0.2) is 4.98 Å². The van der Waals surface area contributed by atoms with Gasteiger partial charge in [0.15, 0.2) is 0 Å². The maximum absolute atomic E-state index is 13.0. The van der Waals surface area contributed by atoms with Crippen LogP contribution >= 0.6 is 11.3 Å². The molecule has 2 heterocycles. The van der Waals surface area contributed by atoms with E-state index in [-0.39, 0.29) is 11.5 Å². The molecule has 1 aliphatic rings. The molecule has 21 heavy (non-hydrogen) atoms. The third-order valence-corrected chi connectivity index (χ3v) is 5.33. The van der Waals surface area contributed by atoms with Crippen molar-refractivity contribution in [1.82, 2.24) is 9.55 Å². The third kappa shape index (κ3) is 2.53. The van der Waals surface area contributed by atoms with E-state index in [9.17, 15) is 4.79 Å². The molecule has 2 aromatic rings. The van der Waals surface area contributed by atoms with Gasteiger partial charge in [0.2, 0.25) is 0 Å². The number of hydrogen-bond donors (Lipinski definition) is 0. The van der Waals surface area contributed by atoms with Crippen LogP contribution in [0, 0.1) is 0 Å². The Bertz CT molecular complexity index is 715. The van der Waals surface area contributed by atoms with Gasteiger partial charge in [-0.05, 0) is 31.2 Å². The Morgan fingerprint density at radius 1 is 1.33 bits per heavy atom. The lowest BCUT2D eigenvalue weighted by molar-refractivity contribution is 0.184. The van der Waals surface area contributed by atoms with Gasteiger partial charge in [0.05, 0.1) is 18.5 Å². The molecular weight excluding hydrogens is 284 g/mol. The van der Waals surface area contributed by atoms with Crippen molar-refractivity contribution in [2.45, 2.75) is 52.0 Å². The van der Waals surface area contributed by atoms with E-state index in [1.807, 2.05) is 4.57 Å². The predicted molar refractivity (Wildman–Crippen MR) is 86.5 cm³/mol. The monoisotopic (exact) mass is 306 g/mol. The number of nitrogens with zero attached hydrogens (tertiary/aromatic N) is 2. The Labute approximate surface area is 128 Å². The first-order chi connectivity index (χ1) is 10.1. The predicted octanol–water partition coefficient (Wildman–Crippen LogP) is 3.11. The second-order valence-corrected chi connectivity index (χ2v) is 7.05. The fraction of sp³-hybridized carbons (Fsp3) is 0.625. The summed E-state index contributed by atoms with van der Waals surface area (Å²) in [5.41, 5.74) is 1.39. The minimum absolute atomic E-state index is 0.125. The van der Waals surface area contributed by atoms with E-state index in [0.717, 1.165) is 28.9 Å². The van der Waals surface area contributed by atoms with Crippen molar-refractivity contribution in [2.24, 2.45) is 0 Å². The van der Waals surface area contributed by atoms with Crippen molar-refractivity contribution < 1.29 is 4.74 Å². The highest BCUT2D eigenvalue weighted by molar-refractivity contribution is 7.18. The van der Waals surface area contributed by atoms with E-state index in [0.29, 0.717) is 13.2 Å². The molecule has 0 fully saturated rings. The van der Waals surface area contributed by atoms with Crippen LogP contribution in [0.2, 0.25) is 0 Å². The van der Waals surface area contributed by atoms with Crippen molar-refractivity contribution in [3.8, 4) is 0 Å². The smallest absolute Gasteiger partial charge is 0.262 e. The van der Waals surface area contributed by atoms with Crippen LogP contribution in [0.5, 0.6) is 0 Å². The lowest BCUT2D eigenvalue weighted by Crippen LogP contribution is -2.28. The van der Waals surface area contributed by atoms with Gasteiger partial charge in [0.25, 0.3) is 5.56 Å². The summed E-state index contributed by atoms with van der Waals surface area (Å²) in [5, 5.41) is 0.871. The number of hydrogen-bond acceptors (Lipinski definition) is 4. The summed E-state index contributed by atoms with van der Waals surface area (Å²) >= 11 is 1.72. The second kappa shape index (κ2) is 5.89. The van der Waals surface area contributed by atoms with Crippen LogP contribution in [0.25, 0.3) is 10.2 Å². The molecule has 3 rings (SSSR count). The maximum atomic E-state index is 13.0. The summed E-state index contributed by atoms with van der Waals surface area (Å²) in [6.45, 7) is 5.30. The van der Waals surface area contributed by atoms with Gasteiger partial charge >= 0.3 is 0 Å². The number of aryl methyl sites for hydroxylation is 2. The van der Waals surface area contributed by atoms with Crippen LogP contribution < -0.4 is 5.56 Å². The molecule has 0 aliphatic heterocycles. The molecule has 0 aromatic carbocycles. The fourth-order valence-electron chi connectivity index (χ4n) is 3.09. The number of rotatable bonds is 4. The van der Waals surface area contributed by atoms with E-state index in [1.165, 1.54) is 23.3 Å². The molecule has 0 unspecified atom stereocenters. The molecule has 4 nitrogen and oxygen atoms in total. The summed E-state index contributed by atoms with van der Waals surface area (Å²) in [6, 6.07) is 0. The second-order valence-electron chi connectivity index (χ2n) is 5.97. The van der Waals surface area contributed by atoms with Gasteiger partial charge in [-0.1, -0.05) is 13.8 Å².